The van der Waals surface area contributed by atoms with Crippen molar-refractivity contribution in [2.24, 2.45) is 5.92 Å². The number of benzene rings is 1. The average Bonchev–Trinajstić information content (AvgIpc) is 3.29. The number of fused-ring (bicyclic) bond motifs is 1. The Balaban J connectivity index is 1.93. The molecule has 0 amide bonds. The summed E-state index contributed by atoms with van der Waals surface area (Å²) in [5.74, 6) is 0.819. The molecule has 3 heteroatoms. The van der Waals surface area contributed by atoms with E-state index in [2.05, 4.69) is 48.3 Å². The van der Waals surface area contributed by atoms with Crippen molar-refractivity contribution in [1.82, 2.24) is 5.32 Å². The number of nitrogens with zero attached hydrogens (tertiary/aromatic N) is 1. The van der Waals surface area contributed by atoms with Gasteiger partial charge in [0, 0.05) is 36.4 Å². The Morgan fingerprint density at radius 2 is 2.20 bits per heavy atom. The first-order valence-electron chi connectivity index (χ1n) is 7.46. The fourth-order valence-corrected chi connectivity index (χ4v) is 3.34. The van der Waals surface area contributed by atoms with Crippen LogP contribution in [0.3, 0.4) is 0 Å². The van der Waals surface area contributed by atoms with E-state index in [0.717, 1.165) is 25.6 Å². The zero-order valence-corrected chi connectivity index (χ0v) is 13.1. The zero-order chi connectivity index (χ0) is 14.2. The monoisotopic (exact) mass is 290 g/mol. The van der Waals surface area contributed by atoms with Gasteiger partial charge in [0.15, 0.2) is 0 Å². The van der Waals surface area contributed by atoms with Gasteiger partial charge >= 0.3 is 0 Å². The van der Waals surface area contributed by atoms with E-state index in [4.69, 9.17) is 11.6 Å². The molecule has 1 heterocycles. The van der Waals surface area contributed by atoms with E-state index in [-0.39, 0.29) is 5.54 Å². The van der Waals surface area contributed by atoms with Gasteiger partial charge in [-0.2, -0.15) is 0 Å². The Hall–Kier alpha value is -0.990. The van der Waals surface area contributed by atoms with E-state index in [1.807, 2.05) is 0 Å². The highest BCUT2D eigenvalue weighted by atomic mass is 35.5. The molecule has 1 fully saturated rings. The standard InChI is InChI=1S/C17H23ClN2/c1-13(9-18)11-20-12-17(2,15-7-8-15)19-10-14-5-3-4-6-16(14)20/h3-6,9,15,19H,7-8,10-12H2,1-2H3/b13-9-. The van der Waals surface area contributed by atoms with Gasteiger partial charge in [0.2, 0.25) is 0 Å². The third-order valence-electron chi connectivity index (χ3n) is 4.64. The molecule has 0 spiro atoms. The molecule has 20 heavy (non-hydrogen) atoms. The van der Waals surface area contributed by atoms with Crippen molar-refractivity contribution in [3.05, 3.63) is 40.9 Å². The maximum atomic E-state index is 5.88. The van der Waals surface area contributed by atoms with Crippen LogP contribution in [0.2, 0.25) is 0 Å². The van der Waals surface area contributed by atoms with Gasteiger partial charge in [0.05, 0.1) is 0 Å². The third kappa shape index (κ3) is 2.72. The van der Waals surface area contributed by atoms with Gasteiger partial charge in [-0.3, -0.25) is 0 Å². The Morgan fingerprint density at radius 3 is 2.90 bits per heavy atom. The summed E-state index contributed by atoms with van der Waals surface area (Å²) in [7, 11) is 0. The number of para-hydroxylation sites is 1. The molecule has 1 unspecified atom stereocenters. The van der Waals surface area contributed by atoms with Crippen molar-refractivity contribution < 1.29 is 0 Å². The van der Waals surface area contributed by atoms with Crippen LogP contribution >= 0.6 is 11.6 Å². The summed E-state index contributed by atoms with van der Waals surface area (Å²) in [4.78, 5) is 2.49. The van der Waals surface area contributed by atoms with Crippen LogP contribution in [0, 0.1) is 5.92 Å². The first-order valence-corrected chi connectivity index (χ1v) is 7.90. The summed E-state index contributed by atoms with van der Waals surface area (Å²) in [6.07, 6.45) is 2.72. The lowest BCUT2D eigenvalue weighted by Gasteiger charge is -2.35. The summed E-state index contributed by atoms with van der Waals surface area (Å²) in [6, 6.07) is 8.72. The van der Waals surface area contributed by atoms with Gasteiger partial charge in [0.1, 0.15) is 0 Å². The molecular weight excluding hydrogens is 268 g/mol. The smallest absolute Gasteiger partial charge is 0.0415 e. The number of halogens is 1. The van der Waals surface area contributed by atoms with E-state index in [9.17, 15) is 0 Å². The molecule has 3 rings (SSSR count). The minimum absolute atomic E-state index is 0.214. The van der Waals surface area contributed by atoms with Crippen LogP contribution in [0.5, 0.6) is 0 Å². The fourth-order valence-electron chi connectivity index (χ4n) is 3.27. The van der Waals surface area contributed by atoms with Crippen LogP contribution in [0.15, 0.2) is 35.4 Å². The van der Waals surface area contributed by atoms with Crippen molar-refractivity contribution in [1.29, 1.82) is 0 Å². The number of rotatable bonds is 3. The molecule has 0 aromatic heterocycles. The Kier molecular flexibility index (Phi) is 3.78. The molecule has 0 bridgehead atoms. The first-order chi connectivity index (χ1) is 9.62. The second kappa shape index (κ2) is 5.42. The highest BCUT2D eigenvalue weighted by Gasteiger charge is 2.43. The molecule has 1 N–H and O–H groups in total. The number of nitrogens with one attached hydrogen (secondary N) is 1. The van der Waals surface area contributed by atoms with Crippen LogP contribution in [0.1, 0.15) is 32.3 Å². The molecule has 1 saturated carbocycles. The van der Waals surface area contributed by atoms with Gasteiger partial charge in [-0.25, -0.2) is 0 Å². The minimum atomic E-state index is 0.214. The molecule has 1 aliphatic carbocycles. The molecule has 1 aromatic carbocycles. The highest BCUT2D eigenvalue weighted by molar-refractivity contribution is 6.25. The van der Waals surface area contributed by atoms with Crippen LogP contribution < -0.4 is 10.2 Å². The SMILES string of the molecule is C/C(=C/Cl)CN1CC(C)(C2CC2)NCc2ccccc21. The highest BCUT2D eigenvalue weighted by Crippen LogP contribution is 2.42. The van der Waals surface area contributed by atoms with Gasteiger partial charge in [0.25, 0.3) is 0 Å². The summed E-state index contributed by atoms with van der Waals surface area (Å²) in [6.45, 7) is 7.40. The normalized spacial score (nSPS) is 27.1. The van der Waals surface area contributed by atoms with Crippen LogP contribution in [0.25, 0.3) is 0 Å². The summed E-state index contributed by atoms with van der Waals surface area (Å²) < 4.78 is 0. The van der Waals surface area contributed by atoms with Crippen molar-refractivity contribution >= 4 is 17.3 Å². The molecule has 2 aliphatic rings. The lowest BCUT2D eigenvalue weighted by Crippen LogP contribution is -2.51. The number of hydrogen-bond donors (Lipinski definition) is 1. The molecule has 1 aromatic rings. The molecule has 0 saturated heterocycles. The van der Waals surface area contributed by atoms with Crippen LogP contribution in [0.4, 0.5) is 5.69 Å². The molecule has 1 atom stereocenters. The van der Waals surface area contributed by atoms with E-state index >= 15 is 0 Å². The largest absolute Gasteiger partial charge is 0.365 e. The van der Waals surface area contributed by atoms with Crippen molar-refractivity contribution in [2.45, 2.75) is 38.8 Å². The third-order valence-corrected chi connectivity index (χ3v) is 5.01. The molecule has 2 nitrogen and oxygen atoms in total. The Bertz CT molecular complexity index is 521. The topological polar surface area (TPSA) is 15.3 Å². The second-order valence-corrected chi connectivity index (χ2v) is 6.70. The Labute approximate surface area is 126 Å². The van der Waals surface area contributed by atoms with Crippen molar-refractivity contribution in [2.75, 3.05) is 18.0 Å². The van der Waals surface area contributed by atoms with E-state index < -0.39 is 0 Å². The fraction of sp³-hybridized carbons (Fsp3) is 0.529. The Morgan fingerprint density at radius 1 is 1.45 bits per heavy atom. The number of hydrogen-bond acceptors (Lipinski definition) is 2. The quantitative estimate of drug-likeness (QED) is 0.908. The molecule has 0 radical (unpaired) electrons. The zero-order valence-electron chi connectivity index (χ0n) is 12.3. The van der Waals surface area contributed by atoms with Crippen LogP contribution in [-0.4, -0.2) is 18.6 Å². The van der Waals surface area contributed by atoms with E-state index in [1.165, 1.54) is 29.7 Å². The van der Waals surface area contributed by atoms with Gasteiger partial charge in [-0.05, 0) is 49.8 Å². The average molecular weight is 291 g/mol. The maximum absolute atomic E-state index is 5.88. The van der Waals surface area contributed by atoms with E-state index in [1.54, 1.807) is 5.54 Å². The molecule has 108 valence electrons. The van der Waals surface area contributed by atoms with Crippen LogP contribution in [-0.2, 0) is 6.54 Å². The van der Waals surface area contributed by atoms with Gasteiger partial charge in [-0.15, -0.1) is 0 Å². The van der Waals surface area contributed by atoms with Crippen molar-refractivity contribution in [3.63, 3.8) is 0 Å². The van der Waals surface area contributed by atoms with Crippen molar-refractivity contribution in [3.8, 4) is 0 Å². The summed E-state index contributed by atoms with van der Waals surface area (Å²) in [5, 5.41) is 3.80. The predicted octanol–water partition coefficient (Wildman–Crippen LogP) is 3.91. The predicted molar refractivity (Wildman–Crippen MR) is 86.2 cm³/mol. The lowest BCUT2D eigenvalue weighted by atomic mass is 9.95. The van der Waals surface area contributed by atoms with Gasteiger partial charge < -0.3 is 10.2 Å². The molecule has 1 aliphatic heterocycles. The molecular formula is C17H23ClN2. The minimum Gasteiger partial charge on any atom is -0.365 e. The summed E-state index contributed by atoms with van der Waals surface area (Å²) in [5.41, 5.74) is 5.86. The lowest BCUT2D eigenvalue weighted by molar-refractivity contribution is 0.318. The maximum Gasteiger partial charge on any atom is 0.0415 e. The number of anilines is 1. The van der Waals surface area contributed by atoms with Gasteiger partial charge in [-0.1, -0.05) is 29.8 Å². The summed E-state index contributed by atoms with van der Waals surface area (Å²) >= 11 is 5.88. The second-order valence-electron chi connectivity index (χ2n) is 6.49. The van der Waals surface area contributed by atoms with E-state index in [0.29, 0.717) is 0 Å². The first kappa shape index (κ1) is 14.0.